The Hall–Kier alpha value is -2.08. The monoisotopic (exact) mass is 428 g/mol. The molecule has 1 spiro atoms. The van der Waals surface area contributed by atoms with Crippen LogP contribution in [-0.2, 0) is 0 Å². The second kappa shape index (κ2) is 10.0. The molecule has 6 heteroatoms. The average Bonchev–Trinajstić information content (AvgIpc) is 2.74. The highest BCUT2D eigenvalue weighted by molar-refractivity contribution is 5.94. The van der Waals surface area contributed by atoms with Crippen LogP contribution in [0.4, 0.5) is 4.79 Å². The number of piperidine rings is 2. The molecule has 0 aromatic heterocycles. The van der Waals surface area contributed by atoms with E-state index in [0.29, 0.717) is 12.5 Å². The van der Waals surface area contributed by atoms with Gasteiger partial charge in [-0.15, -0.1) is 0 Å². The SMILES string of the molecule is Cc1ccc(C(=O)N2CCCC3(CCN(CC(C)C)CC3)[C@@H]2CNC(=O)N(C)C)cc1. The Bertz CT molecular complexity index is 751. The molecule has 31 heavy (non-hydrogen) atoms. The Balaban J connectivity index is 1.82. The van der Waals surface area contributed by atoms with E-state index in [2.05, 4.69) is 29.0 Å². The van der Waals surface area contributed by atoms with Crippen molar-refractivity contribution >= 4 is 11.9 Å². The van der Waals surface area contributed by atoms with Crippen molar-refractivity contribution in [3.63, 3.8) is 0 Å². The molecular weight excluding hydrogens is 388 g/mol. The number of amides is 3. The van der Waals surface area contributed by atoms with Gasteiger partial charge in [0.15, 0.2) is 0 Å². The second-order valence-electron chi connectivity index (χ2n) is 10.1. The zero-order valence-electron chi connectivity index (χ0n) is 20.0. The molecule has 3 amide bonds. The Kier molecular flexibility index (Phi) is 7.63. The lowest BCUT2D eigenvalue weighted by molar-refractivity contribution is -0.0234. The number of urea groups is 1. The van der Waals surface area contributed by atoms with E-state index in [1.54, 1.807) is 19.0 Å². The fourth-order valence-electron chi connectivity index (χ4n) is 5.31. The van der Waals surface area contributed by atoms with Gasteiger partial charge in [-0.3, -0.25) is 4.79 Å². The van der Waals surface area contributed by atoms with Crippen molar-refractivity contribution < 1.29 is 9.59 Å². The van der Waals surface area contributed by atoms with Crippen molar-refractivity contribution in [2.45, 2.75) is 52.5 Å². The summed E-state index contributed by atoms with van der Waals surface area (Å²) in [6.07, 6.45) is 4.32. The molecule has 1 aromatic rings. The Labute approximate surface area is 188 Å². The molecule has 1 atom stereocenters. The van der Waals surface area contributed by atoms with Gasteiger partial charge in [-0.1, -0.05) is 31.5 Å². The largest absolute Gasteiger partial charge is 0.336 e. The number of benzene rings is 1. The minimum Gasteiger partial charge on any atom is -0.336 e. The molecule has 0 unspecified atom stereocenters. The van der Waals surface area contributed by atoms with E-state index in [0.717, 1.165) is 63.0 Å². The van der Waals surface area contributed by atoms with Crippen LogP contribution in [0.2, 0.25) is 0 Å². The van der Waals surface area contributed by atoms with Gasteiger partial charge in [0, 0.05) is 39.3 Å². The highest BCUT2D eigenvalue weighted by Crippen LogP contribution is 2.45. The zero-order valence-corrected chi connectivity index (χ0v) is 20.0. The van der Waals surface area contributed by atoms with E-state index >= 15 is 0 Å². The maximum absolute atomic E-state index is 13.5. The molecule has 0 saturated carbocycles. The number of hydrogen-bond donors (Lipinski definition) is 1. The van der Waals surface area contributed by atoms with E-state index in [-0.39, 0.29) is 23.4 Å². The van der Waals surface area contributed by atoms with Gasteiger partial charge in [-0.2, -0.15) is 0 Å². The molecule has 3 rings (SSSR count). The van der Waals surface area contributed by atoms with Crippen LogP contribution >= 0.6 is 0 Å². The van der Waals surface area contributed by atoms with E-state index in [1.807, 2.05) is 31.2 Å². The fraction of sp³-hybridized carbons (Fsp3) is 0.680. The van der Waals surface area contributed by atoms with Gasteiger partial charge >= 0.3 is 6.03 Å². The second-order valence-corrected chi connectivity index (χ2v) is 10.1. The van der Waals surface area contributed by atoms with Crippen LogP contribution in [0.5, 0.6) is 0 Å². The lowest BCUT2D eigenvalue weighted by atomic mass is 9.66. The minimum absolute atomic E-state index is 0.0279. The number of rotatable bonds is 5. The third kappa shape index (κ3) is 5.59. The van der Waals surface area contributed by atoms with Gasteiger partial charge in [0.1, 0.15) is 0 Å². The van der Waals surface area contributed by atoms with Crippen molar-refractivity contribution in [1.82, 2.24) is 20.0 Å². The summed E-state index contributed by atoms with van der Waals surface area (Å²) in [5.74, 6) is 0.753. The first-order chi connectivity index (χ1) is 14.7. The molecule has 1 aromatic carbocycles. The van der Waals surface area contributed by atoms with Gasteiger partial charge in [0.2, 0.25) is 0 Å². The summed E-state index contributed by atoms with van der Waals surface area (Å²) in [5.41, 5.74) is 1.97. The summed E-state index contributed by atoms with van der Waals surface area (Å²) in [4.78, 5) is 32.0. The number of nitrogens with one attached hydrogen (secondary N) is 1. The lowest BCUT2D eigenvalue weighted by Gasteiger charge is -2.53. The van der Waals surface area contributed by atoms with Crippen LogP contribution in [0.15, 0.2) is 24.3 Å². The molecule has 0 bridgehead atoms. The maximum Gasteiger partial charge on any atom is 0.316 e. The molecular formula is C25H40N4O2. The third-order valence-corrected chi connectivity index (χ3v) is 7.04. The first-order valence-corrected chi connectivity index (χ1v) is 11.8. The minimum atomic E-state index is -0.0966. The Morgan fingerprint density at radius 1 is 1.10 bits per heavy atom. The van der Waals surface area contributed by atoms with Crippen LogP contribution < -0.4 is 5.32 Å². The molecule has 172 valence electrons. The number of carbonyl (C=O) groups excluding carboxylic acids is 2. The molecule has 2 heterocycles. The predicted molar refractivity (Wildman–Crippen MR) is 125 cm³/mol. The quantitative estimate of drug-likeness (QED) is 0.779. The van der Waals surface area contributed by atoms with E-state index < -0.39 is 0 Å². The first kappa shape index (κ1) is 23.6. The summed E-state index contributed by atoms with van der Waals surface area (Å²) in [6.45, 7) is 11.1. The average molecular weight is 429 g/mol. The first-order valence-electron chi connectivity index (χ1n) is 11.8. The van der Waals surface area contributed by atoms with Gasteiger partial charge < -0.3 is 20.0 Å². The van der Waals surface area contributed by atoms with Crippen LogP contribution in [-0.4, -0.2) is 79.5 Å². The Morgan fingerprint density at radius 2 is 1.74 bits per heavy atom. The smallest absolute Gasteiger partial charge is 0.316 e. The lowest BCUT2D eigenvalue weighted by Crippen LogP contribution is -2.62. The summed E-state index contributed by atoms with van der Waals surface area (Å²) in [5, 5.41) is 3.09. The van der Waals surface area contributed by atoms with Crippen LogP contribution in [0.1, 0.15) is 55.5 Å². The van der Waals surface area contributed by atoms with Crippen molar-refractivity contribution in [3.05, 3.63) is 35.4 Å². The van der Waals surface area contributed by atoms with Crippen LogP contribution in [0.3, 0.4) is 0 Å². The van der Waals surface area contributed by atoms with Crippen molar-refractivity contribution in [1.29, 1.82) is 0 Å². The zero-order chi connectivity index (χ0) is 22.6. The Morgan fingerprint density at radius 3 is 2.32 bits per heavy atom. The molecule has 1 N–H and O–H groups in total. The number of nitrogens with zero attached hydrogens (tertiary/aromatic N) is 3. The molecule has 2 aliphatic rings. The molecule has 0 aliphatic carbocycles. The maximum atomic E-state index is 13.5. The highest BCUT2D eigenvalue weighted by Gasteiger charge is 2.47. The van der Waals surface area contributed by atoms with Crippen molar-refractivity contribution in [2.75, 3.05) is 46.8 Å². The number of likely N-dealkylation sites (tertiary alicyclic amines) is 2. The predicted octanol–water partition coefficient (Wildman–Crippen LogP) is 3.61. The molecule has 2 aliphatic heterocycles. The highest BCUT2D eigenvalue weighted by atomic mass is 16.2. The number of aryl methyl sites for hydroxylation is 1. The fourth-order valence-corrected chi connectivity index (χ4v) is 5.31. The third-order valence-electron chi connectivity index (χ3n) is 7.04. The summed E-state index contributed by atoms with van der Waals surface area (Å²) in [6, 6.07) is 7.79. The van der Waals surface area contributed by atoms with E-state index in [4.69, 9.17) is 0 Å². The van der Waals surface area contributed by atoms with Gasteiger partial charge in [-0.05, 0) is 69.2 Å². The van der Waals surface area contributed by atoms with E-state index in [1.165, 1.54) is 0 Å². The summed E-state index contributed by atoms with van der Waals surface area (Å²) < 4.78 is 0. The summed E-state index contributed by atoms with van der Waals surface area (Å²) >= 11 is 0. The molecule has 0 radical (unpaired) electrons. The van der Waals surface area contributed by atoms with Crippen LogP contribution in [0.25, 0.3) is 0 Å². The van der Waals surface area contributed by atoms with Crippen LogP contribution in [0, 0.1) is 18.3 Å². The van der Waals surface area contributed by atoms with E-state index in [9.17, 15) is 9.59 Å². The standard InChI is InChI=1S/C25H40N4O2/c1-19(2)18-28-15-12-25(13-16-28)11-6-14-29(22(25)17-26-24(31)27(4)5)23(30)21-9-7-20(3)8-10-21/h7-10,19,22H,6,11-18H2,1-5H3,(H,26,31)/t22-/m0/s1. The molecule has 2 fully saturated rings. The van der Waals surface area contributed by atoms with Gasteiger partial charge in [0.05, 0.1) is 6.04 Å². The van der Waals surface area contributed by atoms with Crippen molar-refractivity contribution in [2.24, 2.45) is 11.3 Å². The number of carbonyl (C=O) groups is 2. The normalized spacial score (nSPS) is 21.4. The molecule has 2 saturated heterocycles. The van der Waals surface area contributed by atoms with Gasteiger partial charge in [0.25, 0.3) is 5.91 Å². The topological polar surface area (TPSA) is 55.9 Å². The molecule has 6 nitrogen and oxygen atoms in total. The van der Waals surface area contributed by atoms with Gasteiger partial charge in [-0.25, -0.2) is 4.79 Å². The number of hydrogen-bond acceptors (Lipinski definition) is 3. The summed E-state index contributed by atoms with van der Waals surface area (Å²) in [7, 11) is 3.51. The van der Waals surface area contributed by atoms with Crippen molar-refractivity contribution in [3.8, 4) is 0 Å².